The number of thiazole rings is 1. The van der Waals surface area contributed by atoms with Gasteiger partial charge in [0.25, 0.3) is 5.78 Å². The minimum atomic E-state index is -1.06. The highest BCUT2D eigenvalue weighted by molar-refractivity contribution is 7.22. The van der Waals surface area contributed by atoms with Crippen LogP contribution in [-0.4, -0.2) is 52.5 Å². The average molecular weight is 571 g/mol. The number of anilines is 1. The maximum atomic E-state index is 13.8. The number of nitrogens with zero attached hydrogens (tertiary/aromatic N) is 4. The Labute approximate surface area is 239 Å². The summed E-state index contributed by atoms with van der Waals surface area (Å²) in [6.07, 6.45) is 1.74. The minimum absolute atomic E-state index is 0.103. The van der Waals surface area contributed by atoms with Crippen LogP contribution in [0.15, 0.2) is 60.3 Å². The molecule has 208 valence electrons. The Balaban J connectivity index is 1.65. The van der Waals surface area contributed by atoms with Crippen LogP contribution in [0.25, 0.3) is 21.6 Å². The van der Waals surface area contributed by atoms with Crippen molar-refractivity contribution in [3.63, 3.8) is 0 Å². The van der Waals surface area contributed by atoms with Gasteiger partial charge in [-0.3, -0.25) is 18.9 Å². The maximum Gasteiger partial charge on any atom is 0.301 e. The van der Waals surface area contributed by atoms with Gasteiger partial charge in [0.15, 0.2) is 22.4 Å². The molecule has 0 aliphatic carbocycles. The number of aryl methyl sites for hydroxylation is 2. The molecule has 0 saturated carbocycles. The first-order chi connectivity index (χ1) is 19.8. The van der Waals surface area contributed by atoms with Crippen LogP contribution < -0.4 is 19.1 Å². The Kier molecular flexibility index (Phi) is 6.38. The average Bonchev–Trinajstić information content (AvgIpc) is 3.62. The zero-order valence-electron chi connectivity index (χ0n) is 23.0. The van der Waals surface area contributed by atoms with Crippen molar-refractivity contribution in [3.8, 4) is 17.2 Å². The molecular weight excluding hydrogens is 544 g/mol. The van der Waals surface area contributed by atoms with Crippen molar-refractivity contribution in [1.82, 2.24) is 14.4 Å². The van der Waals surface area contributed by atoms with E-state index in [-0.39, 0.29) is 11.3 Å². The molecule has 1 amide bonds. The predicted octanol–water partition coefficient (Wildman–Crippen LogP) is 5.21. The van der Waals surface area contributed by atoms with Crippen LogP contribution in [0.5, 0.6) is 17.2 Å². The molecular formula is C30H26N4O6S. The summed E-state index contributed by atoms with van der Waals surface area (Å²) in [4.78, 5) is 38.2. The molecule has 1 aliphatic rings. The van der Waals surface area contributed by atoms with Gasteiger partial charge in [0.1, 0.15) is 11.3 Å². The number of hydrogen-bond donors (Lipinski definition) is 1. The summed E-state index contributed by atoms with van der Waals surface area (Å²) < 4.78 is 19.2. The number of hydrogen-bond acceptors (Lipinski definition) is 9. The van der Waals surface area contributed by atoms with E-state index in [0.717, 1.165) is 10.3 Å². The summed E-state index contributed by atoms with van der Waals surface area (Å²) in [5, 5.41) is 12.1. The Morgan fingerprint density at radius 2 is 1.68 bits per heavy atom. The zero-order valence-corrected chi connectivity index (χ0v) is 23.8. The number of imidazole rings is 1. The van der Waals surface area contributed by atoms with Gasteiger partial charge in [-0.15, -0.1) is 0 Å². The molecule has 6 rings (SSSR count). The van der Waals surface area contributed by atoms with E-state index in [0.29, 0.717) is 50.5 Å². The number of ketones is 1. The van der Waals surface area contributed by atoms with Crippen molar-refractivity contribution >= 4 is 49.8 Å². The number of benzene rings is 2. The summed E-state index contributed by atoms with van der Waals surface area (Å²) in [6, 6.07) is 13.5. The Morgan fingerprint density at radius 3 is 2.37 bits per heavy atom. The van der Waals surface area contributed by atoms with Crippen molar-refractivity contribution < 1.29 is 28.9 Å². The number of pyridine rings is 1. The number of aliphatic hydroxyl groups excluding tert-OH is 1. The third kappa shape index (κ3) is 4.08. The molecule has 1 N–H and O–H groups in total. The number of fused-ring (bicyclic) bond motifs is 2. The highest BCUT2D eigenvalue weighted by Gasteiger charge is 2.49. The van der Waals surface area contributed by atoms with E-state index in [4.69, 9.17) is 19.2 Å². The molecule has 10 nitrogen and oxygen atoms in total. The van der Waals surface area contributed by atoms with Gasteiger partial charge in [-0.25, -0.2) is 9.97 Å². The van der Waals surface area contributed by atoms with Crippen molar-refractivity contribution in [3.05, 3.63) is 82.8 Å². The van der Waals surface area contributed by atoms with E-state index in [1.807, 2.05) is 31.2 Å². The first-order valence-corrected chi connectivity index (χ1v) is 13.5. The molecule has 0 bridgehead atoms. The lowest BCUT2D eigenvalue weighted by Gasteiger charge is -2.24. The highest BCUT2D eigenvalue weighted by Crippen LogP contribution is 2.48. The lowest BCUT2D eigenvalue weighted by Crippen LogP contribution is -2.29. The van der Waals surface area contributed by atoms with Crippen LogP contribution in [0.1, 0.15) is 28.6 Å². The molecule has 4 heterocycles. The Bertz CT molecular complexity index is 1880. The summed E-state index contributed by atoms with van der Waals surface area (Å²) >= 11 is 1.29. The van der Waals surface area contributed by atoms with Gasteiger partial charge in [-0.1, -0.05) is 23.5 Å². The molecule has 5 aromatic rings. The van der Waals surface area contributed by atoms with Gasteiger partial charge in [0.05, 0.1) is 48.9 Å². The molecule has 3 aromatic heterocycles. The molecule has 1 atom stereocenters. The standard InChI is InChI=1S/C30H26N4O6S/c1-15-9-10-18-21(12-15)41-30(32-18)34-25(17-13-19(38-3)28(40-5)20(14-17)39-4)23(27(36)29(34)37)26(35)24-16(2)31-22-8-6-7-11-33(22)24/h6-14,25,35H,1-5H3/b26-23+. The van der Waals surface area contributed by atoms with E-state index in [1.165, 1.54) is 37.6 Å². The second-order valence-corrected chi connectivity index (χ2v) is 10.6. The second kappa shape index (κ2) is 9.93. The highest BCUT2D eigenvalue weighted by atomic mass is 32.1. The first kappa shape index (κ1) is 26.3. The van der Waals surface area contributed by atoms with E-state index in [9.17, 15) is 14.7 Å². The van der Waals surface area contributed by atoms with E-state index in [1.54, 1.807) is 41.8 Å². The van der Waals surface area contributed by atoms with Crippen LogP contribution in [0.4, 0.5) is 5.13 Å². The van der Waals surface area contributed by atoms with Crippen molar-refractivity contribution in [2.45, 2.75) is 19.9 Å². The molecule has 1 fully saturated rings. The van der Waals surface area contributed by atoms with Gasteiger partial charge < -0.3 is 19.3 Å². The van der Waals surface area contributed by atoms with Crippen LogP contribution in [-0.2, 0) is 9.59 Å². The number of methoxy groups -OCH3 is 3. The number of amides is 1. The zero-order chi connectivity index (χ0) is 29.0. The molecule has 1 saturated heterocycles. The fourth-order valence-corrected chi connectivity index (χ4v) is 6.34. The topological polar surface area (TPSA) is 115 Å². The fraction of sp³-hybridized carbons (Fsp3) is 0.200. The van der Waals surface area contributed by atoms with Gasteiger partial charge in [-0.2, -0.15) is 0 Å². The second-order valence-electron chi connectivity index (χ2n) is 9.57. The number of aliphatic hydroxyl groups is 1. The number of carbonyl (C=O) groups is 2. The number of aromatic nitrogens is 3. The first-order valence-electron chi connectivity index (χ1n) is 12.7. The van der Waals surface area contributed by atoms with Crippen LogP contribution >= 0.6 is 11.3 Å². The quantitative estimate of drug-likeness (QED) is 0.168. The molecule has 1 aliphatic heterocycles. The number of Topliss-reactive ketones (excluding diaryl/α,β-unsaturated/α-hetero) is 1. The number of ether oxygens (including phenoxy) is 3. The molecule has 2 aromatic carbocycles. The molecule has 0 radical (unpaired) electrons. The lowest BCUT2D eigenvalue weighted by atomic mass is 9.95. The third-order valence-electron chi connectivity index (χ3n) is 7.11. The molecule has 0 spiro atoms. The van der Waals surface area contributed by atoms with E-state index < -0.39 is 17.7 Å². The van der Waals surface area contributed by atoms with Gasteiger partial charge in [0, 0.05) is 6.20 Å². The summed E-state index contributed by atoms with van der Waals surface area (Å²) in [6.45, 7) is 3.71. The summed E-state index contributed by atoms with van der Waals surface area (Å²) in [7, 11) is 4.45. The van der Waals surface area contributed by atoms with E-state index in [2.05, 4.69) is 4.98 Å². The fourth-order valence-electron chi connectivity index (χ4n) is 5.25. The van der Waals surface area contributed by atoms with Crippen molar-refractivity contribution in [2.24, 2.45) is 0 Å². The minimum Gasteiger partial charge on any atom is -0.505 e. The normalized spacial score (nSPS) is 16.6. The van der Waals surface area contributed by atoms with Crippen LogP contribution in [0.2, 0.25) is 0 Å². The molecule has 41 heavy (non-hydrogen) atoms. The monoisotopic (exact) mass is 570 g/mol. The number of carbonyl (C=O) groups excluding carboxylic acids is 2. The smallest absolute Gasteiger partial charge is 0.301 e. The van der Waals surface area contributed by atoms with Crippen molar-refractivity contribution in [2.75, 3.05) is 26.2 Å². The predicted molar refractivity (Wildman–Crippen MR) is 155 cm³/mol. The lowest BCUT2D eigenvalue weighted by molar-refractivity contribution is -0.132. The number of rotatable bonds is 6. The van der Waals surface area contributed by atoms with Gasteiger partial charge in [0.2, 0.25) is 5.75 Å². The third-order valence-corrected chi connectivity index (χ3v) is 8.13. The van der Waals surface area contributed by atoms with Crippen LogP contribution in [0, 0.1) is 13.8 Å². The van der Waals surface area contributed by atoms with Crippen LogP contribution in [0.3, 0.4) is 0 Å². The van der Waals surface area contributed by atoms with E-state index >= 15 is 0 Å². The van der Waals surface area contributed by atoms with Gasteiger partial charge >= 0.3 is 5.91 Å². The molecule has 11 heteroatoms. The molecule has 1 unspecified atom stereocenters. The summed E-state index contributed by atoms with van der Waals surface area (Å²) in [5.41, 5.74) is 3.50. The Hall–Kier alpha value is -4.90. The van der Waals surface area contributed by atoms with Crippen molar-refractivity contribution in [1.29, 1.82) is 0 Å². The van der Waals surface area contributed by atoms with Gasteiger partial charge in [-0.05, 0) is 61.4 Å². The maximum absolute atomic E-state index is 13.8. The largest absolute Gasteiger partial charge is 0.505 e. The SMILES string of the molecule is COc1cc(C2/C(=C(\O)c3c(C)nc4ccccn34)C(=O)C(=O)N2c2nc3ccc(C)cc3s2)cc(OC)c1OC. The summed E-state index contributed by atoms with van der Waals surface area (Å²) in [5.74, 6) is -0.993. The Morgan fingerprint density at radius 1 is 0.951 bits per heavy atom.